The van der Waals surface area contributed by atoms with Crippen molar-refractivity contribution in [1.82, 2.24) is 5.32 Å². The molecule has 1 rings (SSSR count). The van der Waals surface area contributed by atoms with Crippen LogP contribution in [0.2, 0.25) is 0 Å². The lowest BCUT2D eigenvalue weighted by Crippen LogP contribution is -2.39. The zero-order valence-corrected chi connectivity index (χ0v) is 12.4. The molecule has 1 aromatic carbocycles. The first-order valence-corrected chi connectivity index (χ1v) is 6.55. The molecule has 0 aliphatic heterocycles. The molecule has 17 heavy (non-hydrogen) atoms. The zero-order valence-electron chi connectivity index (χ0n) is 12.4. The number of benzene rings is 1. The highest BCUT2D eigenvalue weighted by atomic mass is 15.0. The van der Waals surface area contributed by atoms with Crippen molar-refractivity contribution in [3.05, 3.63) is 34.9 Å². The number of rotatable bonds is 3. The molecule has 96 valence electrons. The summed E-state index contributed by atoms with van der Waals surface area (Å²) < 4.78 is 0. The predicted octanol–water partition coefficient (Wildman–Crippen LogP) is 4.39. The summed E-state index contributed by atoms with van der Waals surface area (Å²) in [5.41, 5.74) is 4.42. The van der Waals surface area contributed by atoms with Crippen LogP contribution in [0.15, 0.2) is 18.2 Å². The van der Waals surface area contributed by atoms with Crippen LogP contribution >= 0.6 is 0 Å². The van der Waals surface area contributed by atoms with Gasteiger partial charge < -0.3 is 5.32 Å². The average Bonchev–Trinajstić information content (AvgIpc) is 2.20. The van der Waals surface area contributed by atoms with Crippen LogP contribution in [0.3, 0.4) is 0 Å². The Bertz CT molecular complexity index is 374. The Morgan fingerprint density at radius 3 is 2.06 bits per heavy atom. The predicted molar refractivity (Wildman–Crippen MR) is 76.4 cm³/mol. The van der Waals surface area contributed by atoms with Crippen molar-refractivity contribution < 1.29 is 0 Å². The van der Waals surface area contributed by atoms with Gasteiger partial charge in [0, 0.05) is 12.1 Å². The summed E-state index contributed by atoms with van der Waals surface area (Å²) in [6.45, 7) is 15.7. The minimum Gasteiger partial charge on any atom is -0.307 e. The summed E-state index contributed by atoms with van der Waals surface area (Å²) >= 11 is 0. The van der Waals surface area contributed by atoms with Gasteiger partial charge in [-0.3, -0.25) is 0 Å². The number of hydrogen-bond donors (Lipinski definition) is 1. The first-order chi connectivity index (χ1) is 7.71. The maximum Gasteiger partial charge on any atom is 0.0294 e. The first kappa shape index (κ1) is 14.2. The van der Waals surface area contributed by atoms with Gasteiger partial charge in [0.05, 0.1) is 0 Å². The van der Waals surface area contributed by atoms with E-state index in [2.05, 4.69) is 72.0 Å². The molecule has 0 saturated heterocycles. The molecule has 2 unspecified atom stereocenters. The molecule has 1 heteroatoms. The largest absolute Gasteiger partial charge is 0.307 e. The highest BCUT2D eigenvalue weighted by Crippen LogP contribution is 2.23. The van der Waals surface area contributed by atoms with Crippen LogP contribution in [-0.2, 0) is 0 Å². The van der Waals surface area contributed by atoms with Crippen molar-refractivity contribution in [3.63, 3.8) is 0 Å². The fourth-order valence-electron chi connectivity index (χ4n) is 1.76. The van der Waals surface area contributed by atoms with E-state index < -0.39 is 0 Å². The molecule has 0 bridgehead atoms. The van der Waals surface area contributed by atoms with Gasteiger partial charge in [-0.25, -0.2) is 0 Å². The van der Waals surface area contributed by atoms with E-state index in [4.69, 9.17) is 0 Å². The summed E-state index contributed by atoms with van der Waals surface area (Å²) in [7, 11) is 0. The summed E-state index contributed by atoms with van der Waals surface area (Å²) in [4.78, 5) is 0. The van der Waals surface area contributed by atoms with E-state index in [1.54, 1.807) is 0 Å². The van der Waals surface area contributed by atoms with Crippen LogP contribution in [0, 0.1) is 19.3 Å². The molecule has 0 fully saturated rings. The van der Waals surface area contributed by atoms with Crippen LogP contribution in [0.4, 0.5) is 0 Å². The molecule has 0 aromatic heterocycles. The summed E-state index contributed by atoms with van der Waals surface area (Å²) in [5, 5.41) is 3.68. The third-order valence-electron chi connectivity index (χ3n) is 3.83. The van der Waals surface area contributed by atoms with Crippen molar-refractivity contribution >= 4 is 0 Å². The molecule has 1 N–H and O–H groups in total. The van der Waals surface area contributed by atoms with Crippen molar-refractivity contribution in [1.29, 1.82) is 0 Å². The van der Waals surface area contributed by atoms with Crippen LogP contribution in [0.5, 0.6) is 0 Å². The van der Waals surface area contributed by atoms with Crippen molar-refractivity contribution in [3.8, 4) is 0 Å². The first-order valence-electron chi connectivity index (χ1n) is 6.55. The molecule has 1 nitrogen and oxygen atoms in total. The minimum absolute atomic E-state index is 0.300. The minimum atomic E-state index is 0.300. The number of aryl methyl sites for hydroxylation is 2. The average molecular weight is 233 g/mol. The summed E-state index contributed by atoms with van der Waals surface area (Å²) in [5.74, 6) is 0. The molecule has 0 radical (unpaired) electrons. The second-order valence-electron chi connectivity index (χ2n) is 6.32. The van der Waals surface area contributed by atoms with E-state index in [1.165, 1.54) is 16.7 Å². The van der Waals surface area contributed by atoms with E-state index in [0.29, 0.717) is 17.5 Å². The van der Waals surface area contributed by atoms with Gasteiger partial charge in [-0.05, 0) is 49.8 Å². The SMILES string of the molecule is Cc1ccc(C(C)NC(C)C(C)(C)C)cc1C. The second-order valence-corrected chi connectivity index (χ2v) is 6.32. The number of nitrogens with one attached hydrogen (secondary N) is 1. The Morgan fingerprint density at radius 1 is 1.00 bits per heavy atom. The standard InChI is InChI=1S/C16H27N/c1-11-8-9-15(10-12(11)2)13(3)17-14(4)16(5,6)7/h8-10,13-14,17H,1-7H3. The number of hydrogen-bond acceptors (Lipinski definition) is 1. The van der Waals surface area contributed by atoms with Gasteiger partial charge in [0.25, 0.3) is 0 Å². The van der Waals surface area contributed by atoms with Gasteiger partial charge >= 0.3 is 0 Å². The lowest BCUT2D eigenvalue weighted by molar-refractivity contribution is 0.268. The van der Waals surface area contributed by atoms with E-state index in [1.807, 2.05) is 0 Å². The maximum absolute atomic E-state index is 3.68. The summed E-state index contributed by atoms with van der Waals surface area (Å²) in [6.07, 6.45) is 0. The van der Waals surface area contributed by atoms with Crippen molar-refractivity contribution in [2.45, 2.75) is 60.5 Å². The Kier molecular flexibility index (Phi) is 4.37. The van der Waals surface area contributed by atoms with Gasteiger partial charge in [0.1, 0.15) is 0 Å². The molecule has 0 amide bonds. The van der Waals surface area contributed by atoms with Gasteiger partial charge in [-0.2, -0.15) is 0 Å². The maximum atomic E-state index is 3.68. The van der Waals surface area contributed by atoms with Crippen LogP contribution in [-0.4, -0.2) is 6.04 Å². The molecule has 2 atom stereocenters. The second kappa shape index (κ2) is 5.22. The molecule has 1 aromatic rings. The molecule has 0 aliphatic carbocycles. The van der Waals surface area contributed by atoms with E-state index in [-0.39, 0.29) is 0 Å². The van der Waals surface area contributed by atoms with E-state index >= 15 is 0 Å². The highest BCUT2D eigenvalue weighted by Gasteiger charge is 2.21. The molecule has 0 aliphatic rings. The zero-order chi connectivity index (χ0) is 13.2. The van der Waals surface area contributed by atoms with Crippen molar-refractivity contribution in [2.24, 2.45) is 5.41 Å². The van der Waals surface area contributed by atoms with Gasteiger partial charge in [-0.1, -0.05) is 39.0 Å². The lowest BCUT2D eigenvalue weighted by atomic mass is 9.87. The van der Waals surface area contributed by atoms with E-state index in [9.17, 15) is 0 Å². The Morgan fingerprint density at radius 2 is 1.59 bits per heavy atom. The Hall–Kier alpha value is -0.820. The topological polar surface area (TPSA) is 12.0 Å². The van der Waals surface area contributed by atoms with Crippen LogP contribution in [0.25, 0.3) is 0 Å². The molecule has 0 saturated carbocycles. The smallest absolute Gasteiger partial charge is 0.0294 e. The van der Waals surface area contributed by atoms with Gasteiger partial charge in [0.15, 0.2) is 0 Å². The molecular weight excluding hydrogens is 206 g/mol. The molecule has 0 heterocycles. The van der Waals surface area contributed by atoms with Gasteiger partial charge in [-0.15, -0.1) is 0 Å². The van der Waals surface area contributed by atoms with Crippen LogP contribution in [0.1, 0.15) is 57.4 Å². The summed E-state index contributed by atoms with van der Waals surface area (Å²) in [6, 6.07) is 7.64. The lowest BCUT2D eigenvalue weighted by Gasteiger charge is -2.31. The van der Waals surface area contributed by atoms with Crippen molar-refractivity contribution in [2.75, 3.05) is 0 Å². The fraction of sp³-hybridized carbons (Fsp3) is 0.625. The normalized spacial score (nSPS) is 15.7. The quantitative estimate of drug-likeness (QED) is 0.816. The Balaban J connectivity index is 2.76. The highest BCUT2D eigenvalue weighted by molar-refractivity contribution is 5.31. The monoisotopic (exact) mass is 233 g/mol. The third-order valence-corrected chi connectivity index (χ3v) is 3.83. The Labute approximate surface area is 107 Å². The van der Waals surface area contributed by atoms with Gasteiger partial charge in [0.2, 0.25) is 0 Å². The molecule has 0 spiro atoms. The van der Waals surface area contributed by atoms with E-state index in [0.717, 1.165) is 0 Å². The van der Waals surface area contributed by atoms with Crippen LogP contribution < -0.4 is 5.32 Å². The molecular formula is C16H27N. The fourth-order valence-corrected chi connectivity index (χ4v) is 1.76. The third kappa shape index (κ3) is 3.85.